The molecule has 1 amide bonds. The molecule has 2 aromatic carbocycles. The summed E-state index contributed by atoms with van der Waals surface area (Å²) in [5, 5.41) is 22.2. The standard InChI is InChI=1S/C24H17N3O7S/c1-2-33-15-9-10-16-18(12-15)35-24(25-16)26-20(13-5-7-14(8-6-13)27(31)32)19(22(29)23(26)30)21(28)17-4-3-11-34-17/h3-12,20,29H,2H2,1H3. The minimum atomic E-state index is -1.08. The number of nitro groups is 1. The van der Waals surface area contributed by atoms with E-state index in [2.05, 4.69) is 4.98 Å². The van der Waals surface area contributed by atoms with Gasteiger partial charge in [0, 0.05) is 12.1 Å². The summed E-state index contributed by atoms with van der Waals surface area (Å²) in [5.74, 6) is -1.63. The van der Waals surface area contributed by atoms with Crippen molar-refractivity contribution in [1.82, 2.24) is 4.98 Å². The molecule has 1 N–H and O–H groups in total. The van der Waals surface area contributed by atoms with Gasteiger partial charge in [-0.1, -0.05) is 11.3 Å². The van der Waals surface area contributed by atoms with Crippen molar-refractivity contribution >= 4 is 44.1 Å². The molecule has 0 saturated carbocycles. The van der Waals surface area contributed by atoms with Crippen LogP contribution in [0.25, 0.3) is 10.2 Å². The summed E-state index contributed by atoms with van der Waals surface area (Å²) in [6.45, 7) is 2.35. The first-order valence-electron chi connectivity index (χ1n) is 10.5. The summed E-state index contributed by atoms with van der Waals surface area (Å²) in [5.41, 5.74) is 0.638. The highest BCUT2D eigenvalue weighted by molar-refractivity contribution is 7.22. The lowest BCUT2D eigenvalue weighted by Crippen LogP contribution is -2.30. The monoisotopic (exact) mass is 491 g/mol. The minimum absolute atomic E-state index is 0.0567. The van der Waals surface area contributed by atoms with Crippen LogP contribution in [0.15, 0.2) is 76.6 Å². The zero-order valence-electron chi connectivity index (χ0n) is 18.2. The largest absolute Gasteiger partial charge is 0.503 e. The van der Waals surface area contributed by atoms with Crippen LogP contribution in [-0.4, -0.2) is 33.3 Å². The van der Waals surface area contributed by atoms with Crippen molar-refractivity contribution in [3.05, 3.63) is 93.6 Å². The lowest BCUT2D eigenvalue weighted by molar-refractivity contribution is -0.384. The summed E-state index contributed by atoms with van der Waals surface area (Å²) >= 11 is 1.19. The van der Waals surface area contributed by atoms with Crippen molar-refractivity contribution in [2.75, 3.05) is 11.5 Å². The third kappa shape index (κ3) is 3.81. The topological polar surface area (TPSA) is 136 Å². The van der Waals surface area contributed by atoms with Crippen molar-refractivity contribution in [2.24, 2.45) is 0 Å². The van der Waals surface area contributed by atoms with Crippen molar-refractivity contribution < 1.29 is 28.8 Å². The van der Waals surface area contributed by atoms with Crippen LogP contribution < -0.4 is 9.64 Å². The van der Waals surface area contributed by atoms with Gasteiger partial charge in [-0.2, -0.15) is 0 Å². The quantitative estimate of drug-likeness (QED) is 0.217. The number of aromatic nitrogens is 1. The van der Waals surface area contributed by atoms with Gasteiger partial charge in [0.1, 0.15) is 5.75 Å². The number of fused-ring (bicyclic) bond motifs is 1. The number of thiazole rings is 1. The fourth-order valence-electron chi connectivity index (χ4n) is 3.92. The zero-order valence-corrected chi connectivity index (χ0v) is 19.0. The number of anilines is 1. The van der Waals surface area contributed by atoms with Gasteiger partial charge in [0.2, 0.25) is 5.78 Å². The molecule has 1 unspecified atom stereocenters. The molecule has 0 aliphatic carbocycles. The molecule has 35 heavy (non-hydrogen) atoms. The number of nitro benzene ring substituents is 1. The molecular weight excluding hydrogens is 474 g/mol. The first-order chi connectivity index (χ1) is 16.9. The predicted octanol–water partition coefficient (Wildman–Crippen LogP) is 4.98. The number of hydrogen-bond acceptors (Lipinski definition) is 9. The van der Waals surface area contributed by atoms with Gasteiger partial charge in [0.15, 0.2) is 16.7 Å². The van der Waals surface area contributed by atoms with E-state index in [0.717, 1.165) is 4.70 Å². The highest BCUT2D eigenvalue weighted by Gasteiger charge is 2.46. The van der Waals surface area contributed by atoms with Crippen LogP contribution in [0, 0.1) is 10.1 Å². The number of non-ortho nitro benzene ring substituents is 1. The molecule has 1 aliphatic rings. The number of nitrogens with zero attached hydrogens (tertiary/aromatic N) is 3. The van der Waals surface area contributed by atoms with Crippen LogP contribution >= 0.6 is 11.3 Å². The molecule has 0 radical (unpaired) electrons. The maximum Gasteiger partial charge on any atom is 0.296 e. The number of amides is 1. The molecule has 0 spiro atoms. The average molecular weight is 491 g/mol. The third-order valence-corrected chi connectivity index (χ3v) is 6.50. The average Bonchev–Trinajstić information content (AvgIpc) is 3.58. The second-order valence-electron chi connectivity index (χ2n) is 7.55. The third-order valence-electron chi connectivity index (χ3n) is 5.48. The van der Waals surface area contributed by atoms with Crippen LogP contribution in [0.4, 0.5) is 10.8 Å². The zero-order chi connectivity index (χ0) is 24.7. The Balaban J connectivity index is 1.64. The summed E-state index contributed by atoms with van der Waals surface area (Å²) in [6.07, 6.45) is 1.31. The van der Waals surface area contributed by atoms with E-state index in [9.17, 15) is 24.8 Å². The molecule has 1 aliphatic heterocycles. The number of aliphatic hydroxyl groups is 1. The highest BCUT2D eigenvalue weighted by Crippen LogP contribution is 2.44. The molecule has 4 aromatic rings. The lowest BCUT2D eigenvalue weighted by Gasteiger charge is -2.24. The number of Topliss-reactive ketones (excluding diaryl/α,β-unsaturated/α-hetero) is 1. The van der Waals surface area contributed by atoms with Gasteiger partial charge in [-0.15, -0.1) is 0 Å². The number of furan rings is 1. The molecule has 0 saturated heterocycles. The van der Waals surface area contributed by atoms with E-state index in [4.69, 9.17) is 9.15 Å². The van der Waals surface area contributed by atoms with Crippen LogP contribution in [0.3, 0.4) is 0 Å². The van der Waals surface area contributed by atoms with E-state index in [0.29, 0.717) is 23.4 Å². The number of ketones is 1. The summed E-state index contributed by atoms with van der Waals surface area (Å²) in [4.78, 5) is 42.9. The molecule has 1 atom stereocenters. The predicted molar refractivity (Wildman–Crippen MR) is 127 cm³/mol. The maximum atomic E-state index is 13.3. The number of benzene rings is 2. The van der Waals surface area contributed by atoms with Crippen molar-refractivity contribution in [1.29, 1.82) is 0 Å². The number of carbonyl (C=O) groups excluding carboxylic acids is 2. The summed E-state index contributed by atoms with van der Waals surface area (Å²) in [7, 11) is 0. The van der Waals surface area contributed by atoms with E-state index in [1.165, 1.54) is 58.9 Å². The molecule has 0 bridgehead atoms. The summed E-state index contributed by atoms with van der Waals surface area (Å²) < 4.78 is 11.5. The van der Waals surface area contributed by atoms with Gasteiger partial charge < -0.3 is 14.3 Å². The Kier molecular flexibility index (Phi) is 5.53. The van der Waals surface area contributed by atoms with Gasteiger partial charge in [-0.25, -0.2) is 4.98 Å². The Bertz CT molecular complexity index is 1490. The first kappa shape index (κ1) is 22.3. The van der Waals surface area contributed by atoms with Crippen LogP contribution in [0.5, 0.6) is 5.75 Å². The molecular formula is C24H17N3O7S. The molecule has 176 valence electrons. The number of hydrogen-bond donors (Lipinski definition) is 1. The number of carbonyl (C=O) groups is 2. The fourth-order valence-corrected chi connectivity index (χ4v) is 4.94. The van der Waals surface area contributed by atoms with Gasteiger partial charge in [-0.05, 0) is 55.0 Å². The number of aliphatic hydroxyl groups excluding tert-OH is 1. The van der Waals surface area contributed by atoms with Gasteiger partial charge in [-0.3, -0.25) is 24.6 Å². The van der Waals surface area contributed by atoms with E-state index in [1.54, 1.807) is 18.2 Å². The Morgan fingerprint density at radius 2 is 2.03 bits per heavy atom. The Morgan fingerprint density at radius 1 is 1.26 bits per heavy atom. The van der Waals surface area contributed by atoms with E-state index in [1.807, 2.05) is 6.92 Å². The van der Waals surface area contributed by atoms with Crippen LogP contribution in [0.1, 0.15) is 29.1 Å². The molecule has 11 heteroatoms. The maximum absolute atomic E-state index is 13.3. The fraction of sp³-hybridized carbons (Fsp3) is 0.125. The Morgan fingerprint density at radius 3 is 2.69 bits per heavy atom. The van der Waals surface area contributed by atoms with E-state index in [-0.39, 0.29) is 22.2 Å². The van der Waals surface area contributed by atoms with Crippen molar-refractivity contribution in [3.8, 4) is 5.75 Å². The summed E-state index contributed by atoms with van der Waals surface area (Å²) in [6, 6.07) is 12.6. The Labute approximate surface area is 201 Å². The van der Waals surface area contributed by atoms with Gasteiger partial charge >= 0.3 is 0 Å². The van der Waals surface area contributed by atoms with E-state index < -0.39 is 28.4 Å². The second kappa shape index (κ2) is 8.69. The SMILES string of the molecule is CCOc1ccc2nc(N3C(=O)C(O)=C(C(=O)c4ccco4)C3c3ccc([N+](=O)[O-])cc3)sc2c1. The van der Waals surface area contributed by atoms with Crippen LogP contribution in [0.2, 0.25) is 0 Å². The minimum Gasteiger partial charge on any atom is -0.503 e. The lowest BCUT2D eigenvalue weighted by atomic mass is 9.95. The Hall–Kier alpha value is -4.51. The number of rotatable bonds is 7. The van der Waals surface area contributed by atoms with Crippen LogP contribution in [-0.2, 0) is 4.79 Å². The highest BCUT2D eigenvalue weighted by atomic mass is 32.1. The molecule has 0 fully saturated rings. The molecule has 5 rings (SSSR count). The molecule has 10 nitrogen and oxygen atoms in total. The van der Waals surface area contributed by atoms with Crippen molar-refractivity contribution in [2.45, 2.75) is 13.0 Å². The van der Waals surface area contributed by atoms with E-state index >= 15 is 0 Å². The molecule has 3 heterocycles. The van der Waals surface area contributed by atoms with Crippen molar-refractivity contribution in [3.63, 3.8) is 0 Å². The normalized spacial score (nSPS) is 15.7. The smallest absolute Gasteiger partial charge is 0.296 e. The second-order valence-corrected chi connectivity index (χ2v) is 8.56. The first-order valence-corrected chi connectivity index (χ1v) is 11.3. The molecule has 2 aromatic heterocycles. The number of ether oxygens (including phenoxy) is 1. The van der Waals surface area contributed by atoms with Gasteiger partial charge in [0.05, 0.1) is 39.6 Å². The van der Waals surface area contributed by atoms with Gasteiger partial charge in [0.25, 0.3) is 11.6 Å².